The third kappa shape index (κ3) is 13.6. The average molecular weight is 876 g/mol. The summed E-state index contributed by atoms with van der Waals surface area (Å²) < 4.78 is 33.7. The Morgan fingerprint density at radius 3 is 2.11 bits per heavy atom. The minimum atomic E-state index is -1.46. The molecule has 61 heavy (non-hydrogen) atoms. The second kappa shape index (κ2) is 24.7. The highest BCUT2D eigenvalue weighted by molar-refractivity contribution is 8.00. The van der Waals surface area contributed by atoms with Gasteiger partial charge in [0.25, 0.3) is 8.53 Å². The zero-order chi connectivity index (χ0) is 43.6. The molecule has 5 rings (SSSR count). The third-order valence-corrected chi connectivity index (χ3v) is 14.8. The molecule has 12 nitrogen and oxygen atoms in total. The first-order chi connectivity index (χ1) is 29.6. The van der Waals surface area contributed by atoms with Gasteiger partial charge in [-0.1, -0.05) is 67.4 Å². The predicted molar refractivity (Wildman–Crippen MR) is 244 cm³/mol. The quantitative estimate of drug-likeness (QED) is 0.0294. The Kier molecular flexibility index (Phi) is 19.5. The molecule has 5 unspecified atom stereocenters. The molecule has 3 N–H and O–H groups in total. The van der Waals surface area contributed by atoms with Gasteiger partial charge in [-0.15, -0.1) is 0 Å². The van der Waals surface area contributed by atoms with E-state index in [1.807, 2.05) is 54.2 Å². The summed E-state index contributed by atoms with van der Waals surface area (Å²) in [5.74, 6) is 2.49. The number of urea groups is 1. The second-order valence-electron chi connectivity index (χ2n) is 16.2. The van der Waals surface area contributed by atoms with Crippen molar-refractivity contribution in [1.29, 1.82) is 5.26 Å². The molecule has 0 saturated carbocycles. The lowest BCUT2D eigenvalue weighted by Gasteiger charge is -2.38. The van der Waals surface area contributed by atoms with Crippen molar-refractivity contribution in [2.24, 2.45) is 5.92 Å². The Balaban J connectivity index is 1.29. The number of amides is 3. The van der Waals surface area contributed by atoms with Crippen LogP contribution in [0.4, 0.5) is 4.79 Å². The minimum Gasteiger partial charge on any atom is -0.497 e. The molecule has 0 aliphatic carbocycles. The van der Waals surface area contributed by atoms with Crippen LogP contribution in [-0.4, -0.2) is 92.4 Å². The van der Waals surface area contributed by atoms with Crippen molar-refractivity contribution in [2.45, 2.75) is 114 Å². The van der Waals surface area contributed by atoms with Gasteiger partial charge in [0.1, 0.15) is 17.1 Å². The first-order valence-corrected chi connectivity index (χ1v) is 23.9. The van der Waals surface area contributed by atoms with Crippen molar-refractivity contribution < 1.29 is 32.8 Å². The first kappa shape index (κ1) is 48.1. The summed E-state index contributed by atoms with van der Waals surface area (Å²) in [5, 5.41) is 18.9. The largest absolute Gasteiger partial charge is 0.497 e. The van der Waals surface area contributed by atoms with Crippen LogP contribution in [0.3, 0.4) is 0 Å². The lowest BCUT2D eigenvalue weighted by molar-refractivity contribution is -0.121. The van der Waals surface area contributed by atoms with Crippen molar-refractivity contribution in [3.8, 4) is 17.6 Å². The maximum absolute atomic E-state index is 12.8. The van der Waals surface area contributed by atoms with Crippen molar-refractivity contribution in [1.82, 2.24) is 20.6 Å². The summed E-state index contributed by atoms with van der Waals surface area (Å²) in [4.78, 5) is 24.6. The molecule has 0 spiro atoms. The molecular weight excluding hydrogens is 810 g/mol. The zero-order valence-electron chi connectivity index (χ0n) is 36.8. The number of carbonyl (C=O) groups excluding carboxylic acids is 2. The molecule has 14 heteroatoms. The molecule has 0 bridgehead atoms. The number of hydrogen-bond donors (Lipinski definition) is 3. The molecule has 5 atom stereocenters. The maximum atomic E-state index is 12.8. The number of rotatable bonds is 27. The normalized spacial score (nSPS) is 18.4. The van der Waals surface area contributed by atoms with Gasteiger partial charge in [-0.05, 0) is 94.3 Å². The van der Waals surface area contributed by atoms with E-state index in [0.717, 1.165) is 72.5 Å². The molecule has 0 radical (unpaired) electrons. The third-order valence-electron chi connectivity index (χ3n) is 11.2. The molecule has 2 aliphatic rings. The van der Waals surface area contributed by atoms with E-state index < -0.39 is 14.1 Å². The van der Waals surface area contributed by atoms with Crippen LogP contribution in [0.2, 0.25) is 0 Å². The lowest BCUT2D eigenvalue weighted by atomic mass is 9.79. The highest BCUT2D eigenvalue weighted by Gasteiger charge is 2.43. The minimum absolute atomic E-state index is 0.0334. The fourth-order valence-electron chi connectivity index (χ4n) is 8.16. The summed E-state index contributed by atoms with van der Waals surface area (Å²) in [5.41, 5.74) is 1.90. The van der Waals surface area contributed by atoms with Gasteiger partial charge in [-0.2, -0.15) is 17.0 Å². The smallest absolute Gasteiger partial charge is 0.315 e. The van der Waals surface area contributed by atoms with Gasteiger partial charge in [0.2, 0.25) is 5.91 Å². The molecule has 3 aromatic rings. The SMILES string of the molecule is COc1ccc(C(OCC(CCCCNC(=O)CCCCC2SCC3NC(=O)NC32)COP(OCCC#N)N(C(C)C)C(C)C)(c2ccccc2)c2ccc(OC)cc2)cc1. The van der Waals surface area contributed by atoms with Crippen molar-refractivity contribution in [2.75, 3.05) is 46.3 Å². The standard InChI is InChI=1S/C47H66N5O7PS/c1-34(2)52(35(3)4)60(58-30-14-28-48)59-32-36(15-12-13-29-49-44(53)19-11-10-18-43-45-42(33-61-43)50-46(54)51-45)31-57-47(37-16-8-7-9-17-37,38-20-24-40(55-5)25-21-38)39-22-26-41(56-6)27-23-39/h7-9,16-17,20-27,34-36,42-43,45H,10-15,18-19,29-33H2,1-6H3,(H,49,53)(H2,50,51,54). The molecule has 2 saturated heterocycles. The Morgan fingerprint density at radius 2 is 1.51 bits per heavy atom. The van der Waals surface area contributed by atoms with E-state index in [-0.39, 0.29) is 48.4 Å². The number of carbonyl (C=O) groups is 2. The summed E-state index contributed by atoms with van der Waals surface area (Å²) in [6.07, 6.45) is 6.02. The monoisotopic (exact) mass is 875 g/mol. The van der Waals surface area contributed by atoms with Crippen molar-refractivity contribution in [3.05, 3.63) is 95.6 Å². The van der Waals surface area contributed by atoms with E-state index >= 15 is 0 Å². The Bertz CT molecular complexity index is 1760. The fourth-order valence-corrected chi connectivity index (χ4v) is 11.4. The number of benzene rings is 3. The Hall–Kier alpha value is -3.89. The topological polar surface area (TPSA) is 143 Å². The number of nitriles is 1. The van der Waals surface area contributed by atoms with Crippen LogP contribution in [-0.2, 0) is 24.2 Å². The van der Waals surface area contributed by atoms with Crippen molar-refractivity contribution >= 4 is 32.2 Å². The number of fused-ring (bicyclic) bond motifs is 1. The van der Waals surface area contributed by atoms with Crippen molar-refractivity contribution in [3.63, 3.8) is 0 Å². The van der Waals surface area contributed by atoms with Crippen LogP contribution in [0, 0.1) is 17.2 Å². The van der Waals surface area contributed by atoms with Crippen LogP contribution in [0.5, 0.6) is 11.5 Å². The number of nitrogens with one attached hydrogen (secondary N) is 3. The van der Waals surface area contributed by atoms with Gasteiger partial charge in [-0.25, -0.2) is 9.46 Å². The van der Waals surface area contributed by atoms with E-state index in [9.17, 15) is 14.9 Å². The maximum Gasteiger partial charge on any atom is 0.315 e. The van der Waals surface area contributed by atoms with E-state index in [0.29, 0.717) is 38.0 Å². The van der Waals surface area contributed by atoms with Gasteiger partial charge >= 0.3 is 6.03 Å². The summed E-state index contributed by atoms with van der Waals surface area (Å²) in [7, 11) is 1.87. The predicted octanol–water partition coefficient (Wildman–Crippen LogP) is 8.93. The number of hydrogen-bond acceptors (Lipinski definition) is 10. The van der Waals surface area contributed by atoms with Gasteiger partial charge < -0.3 is 39.2 Å². The van der Waals surface area contributed by atoms with Crippen LogP contribution < -0.4 is 25.4 Å². The van der Waals surface area contributed by atoms with Crippen LogP contribution in [0.25, 0.3) is 0 Å². The van der Waals surface area contributed by atoms with Crippen LogP contribution in [0.1, 0.15) is 95.8 Å². The molecule has 332 valence electrons. The van der Waals surface area contributed by atoms with Gasteiger partial charge in [0, 0.05) is 42.0 Å². The molecule has 2 aliphatic heterocycles. The van der Waals surface area contributed by atoms with Gasteiger partial charge in [0.05, 0.1) is 58.6 Å². The number of ether oxygens (including phenoxy) is 3. The highest BCUT2D eigenvalue weighted by Crippen LogP contribution is 2.47. The molecular formula is C47H66N5O7PS. The van der Waals surface area contributed by atoms with Gasteiger partial charge in [-0.3, -0.25) is 4.79 Å². The lowest BCUT2D eigenvalue weighted by Crippen LogP contribution is -2.36. The van der Waals surface area contributed by atoms with Crippen LogP contribution >= 0.6 is 20.3 Å². The van der Waals surface area contributed by atoms with E-state index in [1.165, 1.54) is 0 Å². The first-order valence-electron chi connectivity index (χ1n) is 21.7. The molecule has 3 aromatic carbocycles. The molecule has 2 fully saturated rings. The summed E-state index contributed by atoms with van der Waals surface area (Å²) in [6.45, 7) is 10.2. The Labute approximate surface area is 369 Å². The molecule has 2 heterocycles. The Morgan fingerprint density at radius 1 is 0.869 bits per heavy atom. The van der Waals surface area contributed by atoms with E-state index in [1.54, 1.807) is 14.2 Å². The fraction of sp³-hybridized carbons (Fsp3) is 0.553. The second-order valence-corrected chi connectivity index (χ2v) is 19.0. The zero-order valence-corrected chi connectivity index (χ0v) is 38.5. The molecule has 0 aromatic heterocycles. The van der Waals surface area contributed by atoms with Gasteiger partial charge in [0.15, 0.2) is 0 Å². The number of unbranched alkanes of at least 4 members (excludes halogenated alkanes) is 2. The van der Waals surface area contributed by atoms with E-state index in [2.05, 4.69) is 90.8 Å². The highest BCUT2D eigenvalue weighted by atomic mass is 32.2. The summed E-state index contributed by atoms with van der Waals surface area (Å²) >= 11 is 1.91. The number of nitrogens with zero attached hydrogens (tertiary/aromatic N) is 2. The average Bonchev–Trinajstić information content (AvgIpc) is 3.83. The van der Waals surface area contributed by atoms with E-state index in [4.69, 9.17) is 23.3 Å². The van der Waals surface area contributed by atoms with Crippen LogP contribution in [0.15, 0.2) is 78.9 Å². The number of thioether (sulfide) groups is 1. The summed E-state index contributed by atoms with van der Waals surface area (Å²) in [6, 6.07) is 29.3. The molecule has 3 amide bonds. The number of methoxy groups -OCH3 is 2.